The Morgan fingerprint density at radius 1 is 1.00 bits per heavy atom. The van der Waals surface area contributed by atoms with Gasteiger partial charge in [0.05, 0.1) is 0 Å². The number of rotatable bonds is 14. The minimum Gasteiger partial charge on any atom is -0.396 e. The SMILES string of the molecule is CCO[Si](CCCNC(=O)CCCCO)(OCC)OCC. The fraction of sp³-hybridized carbons (Fsp3) is 0.929. The zero-order chi connectivity index (χ0) is 16.0. The van der Waals surface area contributed by atoms with Gasteiger partial charge in [-0.15, -0.1) is 0 Å². The summed E-state index contributed by atoms with van der Waals surface area (Å²) in [5.74, 6) is 0.0277. The third-order valence-electron chi connectivity index (χ3n) is 2.89. The number of hydrogen-bond donors (Lipinski definition) is 2. The van der Waals surface area contributed by atoms with Gasteiger partial charge in [0.2, 0.25) is 5.91 Å². The van der Waals surface area contributed by atoms with Gasteiger partial charge in [-0.1, -0.05) is 0 Å². The van der Waals surface area contributed by atoms with E-state index in [1.165, 1.54) is 0 Å². The molecule has 0 atom stereocenters. The smallest absolute Gasteiger partial charge is 0.396 e. The summed E-state index contributed by atoms with van der Waals surface area (Å²) >= 11 is 0. The first-order chi connectivity index (χ1) is 10.1. The molecule has 0 aromatic rings. The van der Waals surface area contributed by atoms with Crippen LogP contribution in [0.5, 0.6) is 0 Å². The van der Waals surface area contributed by atoms with Crippen molar-refractivity contribution >= 4 is 14.7 Å². The molecule has 0 heterocycles. The number of unbranched alkanes of at least 4 members (excludes halogenated alkanes) is 1. The van der Waals surface area contributed by atoms with Gasteiger partial charge in [-0.05, 0) is 40.0 Å². The maximum Gasteiger partial charge on any atom is 0.500 e. The molecule has 0 fully saturated rings. The van der Waals surface area contributed by atoms with Crippen molar-refractivity contribution in [3.05, 3.63) is 0 Å². The van der Waals surface area contributed by atoms with E-state index in [2.05, 4.69) is 5.32 Å². The number of carbonyl (C=O) groups excluding carboxylic acids is 1. The molecule has 0 spiro atoms. The number of aliphatic hydroxyl groups excluding tert-OH is 1. The van der Waals surface area contributed by atoms with Crippen molar-refractivity contribution in [1.82, 2.24) is 5.32 Å². The molecule has 0 aromatic carbocycles. The third kappa shape index (κ3) is 9.97. The molecular weight excluding hydrogens is 290 g/mol. The van der Waals surface area contributed by atoms with Gasteiger partial charge < -0.3 is 23.7 Å². The van der Waals surface area contributed by atoms with Crippen LogP contribution in [0.2, 0.25) is 6.04 Å². The minimum atomic E-state index is -2.58. The Morgan fingerprint density at radius 2 is 1.57 bits per heavy atom. The molecule has 0 aliphatic carbocycles. The lowest BCUT2D eigenvalue weighted by molar-refractivity contribution is -0.121. The second kappa shape index (κ2) is 13.2. The first-order valence-electron chi connectivity index (χ1n) is 7.93. The van der Waals surface area contributed by atoms with Crippen molar-refractivity contribution in [2.24, 2.45) is 0 Å². The normalized spacial score (nSPS) is 11.6. The van der Waals surface area contributed by atoms with E-state index in [1.54, 1.807) is 0 Å². The predicted molar refractivity (Wildman–Crippen MR) is 84.0 cm³/mol. The van der Waals surface area contributed by atoms with E-state index in [9.17, 15) is 4.79 Å². The minimum absolute atomic E-state index is 0.0277. The molecule has 0 saturated carbocycles. The van der Waals surface area contributed by atoms with Gasteiger partial charge >= 0.3 is 8.80 Å². The Balaban J connectivity index is 4.03. The monoisotopic (exact) mass is 321 g/mol. The Hall–Kier alpha value is -0.473. The van der Waals surface area contributed by atoms with Crippen LogP contribution in [-0.2, 0) is 18.1 Å². The summed E-state index contributed by atoms with van der Waals surface area (Å²) in [6, 6.07) is 0.708. The van der Waals surface area contributed by atoms with E-state index >= 15 is 0 Å². The summed E-state index contributed by atoms with van der Waals surface area (Å²) in [6.07, 6.45) is 2.63. The first kappa shape index (κ1) is 20.5. The van der Waals surface area contributed by atoms with Crippen LogP contribution < -0.4 is 5.32 Å². The lowest BCUT2D eigenvalue weighted by Gasteiger charge is -2.28. The standard InChI is InChI=1S/C14H31NO5Si/c1-4-18-21(19-5-2,20-6-3)13-9-11-15-14(17)10-7-8-12-16/h16H,4-13H2,1-3H3,(H,15,17). The van der Waals surface area contributed by atoms with E-state index < -0.39 is 8.80 Å². The third-order valence-corrected chi connectivity index (χ3v) is 6.04. The molecule has 2 N–H and O–H groups in total. The number of amides is 1. The molecule has 0 aliphatic rings. The van der Waals surface area contributed by atoms with E-state index in [0.717, 1.165) is 12.8 Å². The molecular formula is C14H31NO5Si. The first-order valence-corrected chi connectivity index (χ1v) is 9.86. The van der Waals surface area contributed by atoms with Crippen LogP contribution in [0, 0.1) is 0 Å². The van der Waals surface area contributed by atoms with Crippen molar-refractivity contribution in [2.75, 3.05) is 33.0 Å². The highest BCUT2D eigenvalue weighted by Crippen LogP contribution is 2.17. The lowest BCUT2D eigenvalue weighted by Crippen LogP contribution is -2.46. The predicted octanol–water partition coefficient (Wildman–Crippen LogP) is 1.70. The van der Waals surface area contributed by atoms with Gasteiger partial charge in [0.1, 0.15) is 0 Å². The number of nitrogens with one attached hydrogen (secondary N) is 1. The molecule has 6 nitrogen and oxygen atoms in total. The van der Waals surface area contributed by atoms with Crippen LogP contribution in [0.4, 0.5) is 0 Å². The fourth-order valence-electron chi connectivity index (χ4n) is 2.02. The largest absolute Gasteiger partial charge is 0.500 e. The van der Waals surface area contributed by atoms with Gasteiger partial charge in [-0.25, -0.2) is 0 Å². The topological polar surface area (TPSA) is 77.0 Å². The molecule has 0 bridgehead atoms. The Bertz CT molecular complexity index is 249. The lowest BCUT2D eigenvalue weighted by atomic mass is 10.2. The number of aliphatic hydroxyl groups is 1. The highest BCUT2D eigenvalue weighted by atomic mass is 28.4. The van der Waals surface area contributed by atoms with Gasteiger partial charge in [0.15, 0.2) is 0 Å². The quantitative estimate of drug-likeness (QED) is 0.376. The van der Waals surface area contributed by atoms with Crippen molar-refractivity contribution < 1.29 is 23.2 Å². The molecule has 1 amide bonds. The van der Waals surface area contributed by atoms with Gasteiger partial charge in [-0.3, -0.25) is 4.79 Å². The van der Waals surface area contributed by atoms with Crippen LogP contribution >= 0.6 is 0 Å². The molecule has 0 saturated heterocycles. The summed E-state index contributed by atoms with van der Waals surface area (Å²) < 4.78 is 17.3. The van der Waals surface area contributed by atoms with Gasteiger partial charge in [0, 0.05) is 45.4 Å². The summed E-state index contributed by atoms with van der Waals surface area (Å²) in [5, 5.41) is 11.5. The molecule has 0 unspecified atom stereocenters. The van der Waals surface area contributed by atoms with E-state index in [-0.39, 0.29) is 12.5 Å². The van der Waals surface area contributed by atoms with Crippen molar-refractivity contribution in [3.8, 4) is 0 Å². The van der Waals surface area contributed by atoms with Gasteiger partial charge in [0.25, 0.3) is 0 Å². The summed E-state index contributed by atoms with van der Waals surface area (Å²) in [5.41, 5.74) is 0. The Morgan fingerprint density at radius 3 is 2.05 bits per heavy atom. The number of hydrogen-bond acceptors (Lipinski definition) is 5. The van der Waals surface area contributed by atoms with E-state index in [4.69, 9.17) is 18.4 Å². The highest BCUT2D eigenvalue weighted by Gasteiger charge is 2.39. The molecule has 21 heavy (non-hydrogen) atoms. The second-order valence-electron chi connectivity index (χ2n) is 4.62. The van der Waals surface area contributed by atoms with Crippen LogP contribution in [0.1, 0.15) is 46.5 Å². The average Bonchev–Trinajstić information content (AvgIpc) is 2.45. The Kier molecular flexibility index (Phi) is 12.9. The summed E-state index contributed by atoms with van der Waals surface area (Å²) in [4.78, 5) is 11.5. The fourth-order valence-corrected chi connectivity index (χ4v) is 4.63. The van der Waals surface area contributed by atoms with Gasteiger partial charge in [-0.2, -0.15) is 0 Å². The molecule has 0 radical (unpaired) electrons. The van der Waals surface area contributed by atoms with Crippen molar-refractivity contribution in [1.29, 1.82) is 0 Å². The average molecular weight is 321 g/mol. The van der Waals surface area contributed by atoms with Crippen molar-refractivity contribution in [2.45, 2.75) is 52.5 Å². The summed E-state index contributed by atoms with van der Waals surface area (Å²) in [6.45, 7) is 8.24. The molecule has 0 rings (SSSR count). The van der Waals surface area contributed by atoms with Crippen LogP contribution in [0.25, 0.3) is 0 Å². The van der Waals surface area contributed by atoms with Crippen molar-refractivity contribution in [3.63, 3.8) is 0 Å². The zero-order valence-electron chi connectivity index (χ0n) is 13.7. The van der Waals surface area contributed by atoms with Crippen LogP contribution in [0.15, 0.2) is 0 Å². The van der Waals surface area contributed by atoms with Crippen LogP contribution in [-0.4, -0.2) is 52.8 Å². The van der Waals surface area contributed by atoms with Crippen LogP contribution in [0.3, 0.4) is 0 Å². The second-order valence-corrected chi connectivity index (χ2v) is 7.35. The Labute approximate surface area is 129 Å². The molecule has 0 aromatic heterocycles. The molecule has 7 heteroatoms. The maximum absolute atomic E-state index is 11.5. The highest BCUT2D eigenvalue weighted by molar-refractivity contribution is 6.60. The summed E-state index contributed by atoms with van der Waals surface area (Å²) in [7, 11) is -2.58. The molecule has 0 aliphatic heterocycles. The molecule has 126 valence electrons. The number of carbonyl (C=O) groups is 1. The van der Waals surface area contributed by atoms with E-state index in [1.807, 2.05) is 20.8 Å². The zero-order valence-corrected chi connectivity index (χ0v) is 14.7. The van der Waals surface area contributed by atoms with E-state index in [0.29, 0.717) is 45.3 Å². The maximum atomic E-state index is 11.5.